The Morgan fingerprint density at radius 3 is 2.76 bits per heavy atom. The number of nitrogens with one attached hydrogen (secondary N) is 3. The molecule has 0 saturated carbocycles. The fourth-order valence-electron chi connectivity index (χ4n) is 2.01. The quantitative estimate of drug-likeness (QED) is 0.622. The van der Waals surface area contributed by atoms with E-state index in [1.54, 1.807) is 0 Å². The maximum absolute atomic E-state index is 13.3. The first-order valence-corrected chi connectivity index (χ1v) is 7.44. The van der Waals surface area contributed by atoms with Crippen LogP contribution in [-0.4, -0.2) is 20.9 Å². The van der Waals surface area contributed by atoms with Crippen molar-refractivity contribution in [3.8, 4) is 0 Å². The number of anilines is 3. The fourth-order valence-corrected chi connectivity index (χ4v) is 2.19. The Morgan fingerprint density at radius 2 is 2.04 bits per heavy atom. The summed E-state index contributed by atoms with van der Waals surface area (Å²) in [7, 11) is 0. The zero-order chi connectivity index (χ0) is 17.8. The number of halogens is 2. The molecule has 0 aliphatic carbocycles. The highest BCUT2D eigenvalue weighted by Gasteiger charge is 2.15. The van der Waals surface area contributed by atoms with Gasteiger partial charge >= 0.3 is 0 Å². The lowest BCUT2D eigenvalue weighted by Crippen LogP contribution is -2.15. The van der Waals surface area contributed by atoms with Crippen molar-refractivity contribution in [2.75, 3.05) is 10.6 Å². The molecule has 2 heterocycles. The van der Waals surface area contributed by atoms with Crippen LogP contribution < -0.4 is 16.2 Å². The Balaban J connectivity index is 1.89. The van der Waals surface area contributed by atoms with Gasteiger partial charge in [-0.05, 0) is 24.3 Å². The highest BCUT2D eigenvalue weighted by Crippen LogP contribution is 2.28. The number of carbonyl (C=O) groups excluding carboxylic acids is 1. The molecule has 126 valence electrons. The van der Waals surface area contributed by atoms with Crippen LogP contribution in [-0.2, 0) is 0 Å². The molecule has 25 heavy (non-hydrogen) atoms. The van der Waals surface area contributed by atoms with Gasteiger partial charge in [0.05, 0.1) is 5.69 Å². The predicted molar refractivity (Wildman–Crippen MR) is 91.7 cm³/mol. The monoisotopic (exact) mass is 359 g/mol. The van der Waals surface area contributed by atoms with Crippen LogP contribution in [0.1, 0.15) is 10.4 Å². The Morgan fingerprint density at radius 1 is 1.20 bits per heavy atom. The van der Waals surface area contributed by atoms with Gasteiger partial charge in [0, 0.05) is 17.8 Å². The summed E-state index contributed by atoms with van der Waals surface area (Å²) >= 11 is 6.05. The van der Waals surface area contributed by atoms with Crippen molar-refractivity contribution in [2.45, 2.75) is 0 Å². The van der Waals surface area contributed by atoms with E-state index >= 15 is 0 Å². The third-order valence-electron chi connectivity index (χ3n) is 3.17. The molecule has 7 nitrogen and oxygen atoms in total. The number of hydrogen-bond donors (Lipinski definition) is 3. The van der Waals surface area contributed by atoms with Crippen molar-refractivity contribution < 1.29 is 9.18 Å². The predicted octanol–water partition coefficient (Wildman–Crippen LogP) is 2.95. The number of pyridine rings is 1. The van der Waals surface area contributed by atoms with Crippen LogP contribution in [0.25, 0.3) is 0 Å². The first-order chi connectivity index (χ1) is 12.0. The molecule has 0 spiro atoms. The van der Waals surface area contributed by atoms with Gasteiger partial charge in [-0.3, -0.25) is 9.59 Å². The van der Waals surface area contributed by atoms with E-state index < -0.39 is 11.7 Å². The molecule has 9 heteroatoms. The number of carbonyl (C=O) groups is 1. The smallest absolute Gasteiger partial charge is 0.255 e. The van der Waals surface area contributed by atoms with Crippen molar-refractivity contribution >= 4 is 34.7 Å². The van der Waals surface area contributed by atoms with E-state index in [4.69, 9.17) is 11.6 Å². The lowest BCUT2D eigenvalue weighted by Gasteiger charge is -2.12. The molecule has 0 unspecified atom stereocenters. The van der Waals surface area contributed by atoms with Crippen LogP contribution >= 0.6 is 11.6 Å². The van der Waals surface area contributed by atoms with E-state index in [0.717, 1.165) is 6.07 Å². The normalized spacial score (nSPS) is 10.3. The van der Waals surface area contributed by atoms with Gasteiger partial charge in [-0.2, -0.15) is 0 Å². The molecule has 0 saturated heterocycles. The lowest BCUT2D eigenvalue weighted by molar-refractivity contribution is 0.102. The third-order valence-corrected chi connectivity index (χ3v) is 3.46. The first kappa shape index (κ1) is 16.6. The third kappa shape index (κ3) is 3.99. The number of amides is 1. The van der Waals surface area contributed by atoms with Crippen LogP contribution in [0.4, 0.5) is 21.6 Å². The molecule has 1 amide bonds. The van der Waals surface area contributed by atoms with Gasteiger partial charge in [0.15, 0.2) is 11.0 Å². The fraction of sp³-hybridized carbons (Fsp3) is 0. The highest BCUT2D eigenvalue weighted by atomic mass is 35.5. The van der Waals surface area contributed by atoms with Crippen molar-refractivity contribution in [3.05, 3.63) is 75.8 Å². The van der Waals surface area contributed by atoms with Gasteiger partial charge in [-0.15, -0.1) is 0 Å². The molecular formula is C16H11ClFN5O2. The molecular weight excluding hydrogens is 349 g/mol. The molecule has 0 aliphatic heterocycles. The number of H-pyrrole nitrogens is 1. The largest absolute Gasteiger partial charge is 0.337 e. The standard InChI is InChI=1S/C16H11ClFN5O2/c17-14-13(23-16(25)9-2-1-3-10(18)6-9)15(21-8-20-14)22-11-4-5-12(24)19-7-11/h1-8H,(H,19,24)(H,23,25)(H,20,21,22). The van der Waals surface area contributed by atoms with E-state index in [1.165, 1.54) is 42.9 Å². The topological polar surface area (TPSA) is 99.8 Å². The Hall–Kier alpha value is -3.26. The SMILES string of the molecule is O=C(Nc1c(Cl)ncnc1Nc1ccc(=O)[nH]c1)c1cccc(F)c1. The number of rotatable bonds is 4. The molecule has 3 rings (SSSR count). The van der Waals surface area contributed by atoms with Crippen molar-refractivity contribution in [1.29, 1.82) is 0 Å². The number of hydrogen-bond acceptors (Lipinski definition) is 5. The second-order valence-corrected chi connectivity index (χ2v) is 5.28. The summed E-state index contributed by atoms with van der Waals surface area (Å²) in [6.45, 7) is 0. The molecule has 3 aromatic rings. The van der Waals surface area contributed by atoms with E-state index in [2.05, 4.69) is 25.6 Å². The average molecular weight is 360 g/mol. The number of aromatic nitrogens is 3. The minimum Gasteiger partial charge on any atom is -0.337 e. The zero-order valence-corrected chi connectivity index (χ0v) is 13.3. The maximum Gasteiger partial charge on any atom is 0.255 e. The molecule has 0 bridgehead atoms. The molecule has 0 fully saturated rings. The number of benzene rings is 1. The summed E-state index contributed by atoms with van der Waals surface area (Å²) < 4.78 is 13.3. The number of aromatic amines is 1. The van der Waals surface area contributed by atoms with Gasteiger partial charge in [0.25, 0.3) is 5.91 Å². The molecule has 2 aromatic heterocycles. The minimum atomic E-state index is -0.569. The van der Waals surface area contributed by atoms with Crippen molar-refractivity contribution in [2.24, 2.45) is 0 Å². The summed E-state index contributed by atoms with van der Waals surface area (Å²) in [6, 6.07) is 8.09. The highest BCUT2D eigenvalue weighted by molar-refractivity contribution is 6.33. The lowest BCUT2D eigenvalue weighted by atomic mass is 10.2. The molecule has 0 atom stereocenters. The summed E-state index contributed by atoms with van der Waals surface area (Å²) in [5, 5.41) is 5.48. The van der Waals surface area contributed by atoms with Gasteiger partial charge in [-0.25, -0.2) is 14.4 Å². The number of nitrogens with zero attached hydrogens (tertiary/aromatic N) is 2. The average Bonchev–Trinajstić information content (AvgIpc) is 2.60. The molecule has 3 N–H and O–H groups in total. The van der Waals surface area contributed by atoms with Gasteiger partial charge in [0.1, 0.15) is 17.8 Å². The van der Waals surface area contributed by atoms with Crippen molar-refractivity contribution in [1.82, 2.24) is 15.0 Å². The summed E-state index contributed by atoms with van der Waals surface area (Å²) in [4.78, 5) is 33.8. The summed E-state index contributed by atoms with van der Waals surface area (Å²) in [5.74, 6) is -0.882. The van der Waals surface area contributed by atoms with E-state index in [1.807, 2.05) is 0 Å². The zero-order valence-electron chi connectivity index (χ0n) is 12.6. The van der Waals surface area contributed by atoms with Crippen LogP contribution in [0.5, 0.6) is 0 Å². The van der Waals surface area contributed by atoms with Gasteiger partial charge in [0.2, 0.25) is 5.56 Å². The van der Waals surface area contributed by atoms with E-state index in [9.17, 15) is 14.0 Å². The van der Waals surface area contributed by atoms with E-state index in [0.29, 0.717) is 5.69 Å². The van der Waals surface area contributed by atoms with Gasteiger partial charge in [-0.1, -0.05) is 17.7 Å². The Bertz CT molecular complexity index is 972. The van der Waals surface area contributed by atoms with Gasteiger partial charge < -0.3 is 15.6 Å². The molecule has 1 aromatic carbocycles. The van der Waals surface area contributed by atoms with E-state index in [-0.39, 0.29) is 27.8 Å². The second kappa shape index (κ2) is 7.10. The summed E-state index contributed by atoms with van der Waals surface area (Å²) in [5.41, 5.74) is 0.515. The van der Waals surface area contributed by atoms with Crippen LogP contribution in [0.3, 0.4) is 0 Å². The van der Waals surface area contributed by atoms with Crippen LogP contribution in [0, 0.1) is 5.82 Å². The Kier molecular flexibility index (Phi) is 4.71. The molecule has 0 radical (unpaired) electrons. The van der Waals surface area contributed by atoms with Crippen LogP contribution in [0.15, 0.2) is 53.7 Å². The first-order valence-electron chi connectivity index (χ1n) is 7.06. The second-order valence-electron chi connectivity index (χ2n) is 4.92. The Labute approximate surface area is 145 Å². The van der Waals surface area contributed by atoms with Crippen LogP contribution in [0.2, 0.25) is 5.15 Å². The summed E-state index contributed by atoms with van der Waals surface area (Å²) in [6.07, 6.45) is 2.66. The van der Waals surface area contributed by atoms with Crippen molar-refractivity contribution in [3.63, 3.8) is 0 Å². The maximum atomic E-state index is 13.3. The minimum absolute atomic E-state index is 0.00618. The molecule has 0 aliphatic rings.